The number of nitrogens with zero attached hydrogens (tertiary/aromatic N) is 2. The number of hydrogen-bond donors (Lipinski definition) is 5. The van der Waals surface area contributed by atoms with Gasteiger partial charge in [0.15, 0.2) is 0 Å². The molecule has 3 atom stereocenters. The van der Waals surface area contributed by atoms with Gasteiger partial charge in [0, 0.05) is 43.6 Å². The minimum absolute atomic E-state index is 0.135. The highest BCUT2D eigenvalue weighted by Crippen LogP contribution is 2.28. The van der Waals surface area contributed by atoms with Gasteiger partial charge in [-0.3, -0.25) is 19.7 Å². The number of benzene rings is 2. The van der Waals surface area contributed by atoms with Crippen LogP contribution in [0.1, 0.15) is 29.4 Å². The third-order valence-corrected chi connectivity index (χ3v) is 7.15. The number of methoxy groups -OCH3 is 1. The molecule has 3 aromatic rings. The van der Waals surface area contributed by atoms with E-state index in [-0.39, 0.29) is 12.8 Å². The molecule has 1 amide bonds. The number of likely N-dealkylation sites (tertiary alicyclic amines) is 1. The number of carbonyl (C=O) groups is 2. The first-order valence-electron chi connectivity index (χ1n) is 13.0. The number of nitrogens with one attached hydrogen (secondary N) is 4. The summed E-state index contributed by atoms with van der Waals surface area (Å²) in [4.78, 5) is 26.7. The molecule has 2 aromatic carbocycles. The van der Waals surface area contributed by atoms with Crippen LogP contribution in [0.15, 0.2) is 66.9 Å². The maximum absolute atomic E-state index is 12.4. The summed E-state index contributed by atoms with van der Waals surface area (Å²) in [5, 5.41) is 19.7. The molecule has 0 spiro atoms. The summed E-state index contributed by atoms with van der Waals surface area (Å²) in [7, 11) is 1.64. The molecule has 2 aliphatic rings. The predicted octanol–water partition coefficient (Wildman–Crippen LogP) is 2.91. The number of piperidine rings is 1. The van der Waals surface area contributed by atoms with E-state index in [0.29, 0.717) is 32.7 Å². The van der Waals surface area contributed by atoms with Gasteiger partial charge in [-0.2, -0.15) is 0 Å². The number of aliphatic carboxylic acids is 1. The maximum Gasteiger partial charge on any atom is 0.407 e. The Morgan fingerprint density at radius 2 is 1.97 bits per heavy atom. The Morgan fingerprint density at radius 3 is 2.77 bits per heavy atom. The molecular weight excluding hydrogens is 500 g/mol. The predicted molar refractivity (Wildman–Crippen MR) is 146 cm³/mol. The third kappa shape index (κ3) is 6.44. The number of anilines is 1. The van der Waals surface area contributed by atoms with Crippen LogP contribution in [0.5, 0.6) is 5.75 Å². The lowest BCUT2D eigenvalue weighted by molar-refractivity contribution is -0.144. The van der Waals surface area contributed by atoms with Crippen molar-refractivity contribution in [3.63, 3.8) is 0 Å². The minimum atomic E-state index is -0.937. The van der Waals surface area contributed by atoms with E-state index in [9.17, 15) is 14.7 Å². The lowest BCUT2D eigenvalue weighted by Crippen LogP contribution is -2.53. The Bertz CT molecular complexity index is 1280. The molecule has 1 aromatic heterocycles. The lowest BCUT2D eigenvalue weighted by atomic mass is 9.92. The van der Waals surface area contributed by atoms with Gasteiger partial charge >= 0.3 is 12.1 Å². The molecule has 0 bridgehead atoms. The van der Waals surface area contributed by atoms with Crippen molar-refractivity contribution in [3.8, 4) is 5.75 Å². The van der Waals surface area contributed by atoms with E-state index >= 15 is 0 Å². The van der Waals surface area contributed by atoms with Gasteiger partial charge in [0.25, 0.3) is 0 Å². The molecule has 5 rings (SSSR count). The van der Waals surface area contributed by atoms with Crippen molar-refractivity contribution in [2.75, 3.05) is 37.6 Å². The lowest BCUT2D eigenvalue weighted by Gasteiger charge is -2.37. The van der Waals surface area contributed by atoms with Gasteiger partial charge in [-0.25, -0.2) is 4.79 Å². The van der Waals surface area contributed by atoms with Crippen LogP contribution in [0.4, 0.5) is 10.5 Å². The monoisotopic (exact) mass is 534 g/mol. The van der Waals surface area contributed by atoms with E-state index in [1.165, 1.54) is 0 Å². The molecule has 39 heavy (non-hydrogen) atoms. The molecule has 3 heterocycles. The quantitative estimate of drug-likeness (QED) is 0.281. The van der Waals surface area contributed by atoms with E-state index in [2.05, 4.69) is 32.3 Å². The van der Waals surface area contributed by atoms with Gasteiger partial charge in [0.1, 0.15) is 18.5 Å². The number of aromatic nitrogens is 1. The molecule has 5 N–H and O–H groups in total. The fraction of sp³-hybridized carbons (Fsp3) is 0.357. The summed E-state index contributed by atoms with van der Waals surface area (Å²) in [5.41, 5.74) is 7.20. The highest BCUT2D eigenvalue weighted by atomic mass is 16.5. The Kier molecular flexibility index (Phi) is 8.18. The molecule has 0 radical (unpaired) electrons. The molecule has 11 heteroatoms. The summed E-state index contributed by atoms with van der Waals surface area (Å²) in [5.74, 6) is -0.916. The molecule has 1 saturated heterocycles. The zero-order valence-corrected chi connectivity index (χ0v) is 21.8. The number of carboxylic acids is 1. The molecule has 206 valence electrons. The van der Waals surface area contributed by atoms with Crippen LogP contribution in [0.3, 0.4) is 0 Å². The van der Waals surface area contributed by atoms with Crippen LogP contribution in [0.25, 0.3) is 0 Å². The SMILES string of the molecule is COc1cccc(NC2NCNn3ccc(CN4CCC(NC(=O)OCc5ccccc5)C(C(=O)O)C4)c32)c1. The summed E-state index contributed by atoms with van der Waals surface area (Å²) >= 11 is 0. The first kappa shape index (κ1) is 26.4. The third-order valence-electron chi connectivity index (χ3n) is 7.15. The zero-order valence-electron chi connectivity index (χ0n) is 21.8. The molecule has 0 aliphatic carbocycles. The van der Waals surface area contributed by atoms with Gasteiger partial charge in [-0.1, -0.05) is 36.4 Å². The maximum atomic E-state index is 12.4. The van der Waals surface area contributed by atoms with E-state index in [0.717, 1.165) is 28.3 Å². The van der Waals surface area contributed by atoms with Crippen LogP contribution in [-0.2, 0) is 22.7 Å². The second kappa shape index (κ2) is 12.1. The number of amides is 1. The van der Waals surface area contributed by atoms with Crippen molar-refractivity contribution in [2.45, 2.75) is 31.8 Å². The fourth-order valence-electron chi connectivity index (χ4n) is 5.15. The number of fused-ring (bicyclic) bond motifs is 1. The Labute approximate surface area is 227 Å². The second-order valence-electron chi connectivity index (χ2n) is 9.73. The van der Waals surface area contributed by atoms with Gasteiger partial charge in [0.05, 0.1) is 25.4 Å². The standard InChI is InChI=1S/C28H34N6O5/c1-38-22-9-5-8-21(14-22)31-26-25-20(10-13-34(25)30-18-29-26)15-33-12-11-24(23(16-33)27(35)36)32-28(37)39-17-19-6-3-2-4-7-19/h2-10,13-14,23-24,26,29-31H,11-12,15-18H2,1H3,(H,32,37)(H,35,36). The first-order chi connectivity index (χ1) is 19.0. The Morgan fingerprint density at radius 1 is 1.13 bits per heavy atom. The van der Waals surface area contributed by atoms with Gasteiger partial charge in [0.2, 0.25) is 0 Å². The number of alkyl carbamates (subject to hydrolysis) is 1. The van der Waals surface area contributed by atoms with E-state index < -0.39 is 24.0 Å². The first-order valence-corrected chi connectivity index (χ1v) is 13.0. The zero-order chi connectivity index (χ0) is 27.2. The average molecular weight is 535 g/mol. The van der Waals surface area contributed by atoms with E-state index in [1.807, 2.05) is 65.5 Å². The molecular formula is C28H34N6O5. The number of carbonyl (C=O) groups excluding carboxylic acids is 1. The molecule has 1 fully saturated rings. The van der Waals surface area contributed by atoms with Gasteiger partial charge < -0.3 is 30.6 Å². The number of rotatable bonds is 9. The molecule has 2 aliphatic heterocycles. The van der Waals surface area contributed by atoms with Crippen molar-refractivity contribution in [1.82, 2.24) is 20.2 Å². The average Bonchev–Trinajstić information content (AvgIpc) is 3.37. The van der Waals surface area contributed by atoms with Crippen LogP contribution in [0, 0.1) is 5.92 Å². The molecule has 0 saturated carbocycles. The largest absolute Gasteiger partial charge is 0.497 e. The van der Waals surface area contributed by atoms with E-state index in [4.69, 9.17) is 9.47 Å². The topological polar surface area (TPSA) is 129 Å². The minimum Gasteiger partial charge on any atom is -0.497 e. The molecule has 3 unspecified atom stereocenters. The highest BCUT2D eigenvalue weighted by molar-refractivity contribution is 5.74. The van der Waals surface area contributed by atoms with E-state index in [1.54, 1.807) is 7.11 Å². The van der Waals surface area contributed by atoms with Crippen LogP contribution < -0.4 is 26.1 Å². The molecule has 11 nitrogen and oxygen atoms in total. The summed E-state index contributed by atoms with van der Waals surface area (Å²) in [6.07, 6.45) is 1.73. The Balaban J connectivity index is 1.22. The number of ether oxygens (including phenoxy) is 2. The van der Waals surface area contributed by atoms with Crippen LogP contribution in [-0.4, -0.2) is 59.7 Å². The van der Waals surface area contributed by atoms with Crippen molar-refractivity contribution in [2.24, 2.45) is 5.92 Å². The number of hydrogen-bond acceptors (Lipinski definition) is 8. The van der Waals surface area contributed by atoms with Crippen LogP contribution in [0.2, 0.25) is 0 Å². The van der Waals surface area contributed by atoms with Crippen molar-refractivity contribution in [3.05, 3.63) is 83.7 Å². The van der Waals surface area contributed by atoms with Gasteiger partial charge in [-0.05, 0) is 35.7 Å². The smallest absolute Gasteiger partial charge is 0.407 e. The number of carboxylic acid groups (broad SMARTS) is 1. The second-order valence-corrected chi connectivity index (χ2v) is 9.73. The van der Waals surface area contributed by atoms with Crippen molar-refractivity contribution in [1.29, 1.82) is 0 Å². The normalized spacial score (nSPS) is 20.8. The summed E-state index contributed by atoms with van der Waals surface area (Å²) in [6, 6.07) is 18.7. The van der Waals surface area contributed by atoms with Crippen molar-refractivity contribution >= 4 is 17.7 Å². The fourth-order valence-corrected chi connectivity index (χ4v) is 5.15. The Hall–Kier alpha value is -4.22. The highest BCUT2D eigenvalue weighted by Gasteiger charge is 2.36. The van der Waals surface area contributed by atoms with Crippen molar-refractivity contribution < 1.29 is 24.2 Å². The van der Waals surface area contributed by atoms with Gasteiger partial charge in [-0.15, -0.1) is 0 Å². The summed E-state index contributed by atoms with van der Waals surface area (Å²) < 4.78 is 12.7. The summed E-state index contributed by atoms with van der Waals surface area (Å²) in [6.45, 7) is 2.26. The van der Waals surface area contributed by atoms with Crippen LogP contribution >= 0.6 is 0 Å².